The fourth-order valence-corrected chi connectivity index (χ4v) is 8.64. The number of ketones is 1. The molecular weight excluding hydrogens is 673 g/mol. The minimum Gasteiger partial charge on any atom is -0.346 e. The minimum absolute atomic E-state index is 0.0267. The molecule has 2 aliphatic carbocycles. The van der Waals surface area contributed by atoms with Gasteiger partial charge < -0.3 is 26.2 Å². The van der Waals surface area contributed by atoms with E-state index < -0.39 is 68.6 Å². The lowest BCUT2D eigenvalue weighted by Crippen LogP contribution is -2.63. The molecule has 290 valence electrons. The predicted octanol–water partition coefficient (Wildman–Crippen LogP) is 3.35. The van der Waals surface area contributed by atoms with Crippen LogP contribution < -0.4 is 21.3 Å². The highest BCUT2D eigenvalue weighted by Crippen LogP contribution is 2.53. The lowest BCUT2D eigenvalue weighted by atomic mass is 9.70. The van der Waals surface area contributed by atoms with Crippen molar-refractivity contribution in [1.29, 1.82) is 0 Å². The number of sulfonamides is 1. The molecule has 0 bridgehead atoms. The van der Waals surface area contributed by atoms with E-state index in [0.717, 1.165) is 38.4 Å². The van der Waals surface area contributed by atoms with E-state index in [9.17, 15) is 32.4 Å². The Kier molecular flexibility index (Phi) is 13.9. The zero-order chi connectivity index (χ0) is 38.5. The number of carbonyl (C=O) groups is 5. The summed E-state index contributed by atoms with van der Waals surface area (Å²) in [5.74, 6) is -2.48. The maximum Gasteiger partial charge on any atom is 0.315 e. The average Bonchev–Trinajstić information content (AvgIpc) is 3.57. The van der Waals surface area contributed by atoms with Gasteiger partial charge in [0.15, 0.2) is 0 Å². The van der Waals surface area contributed by atoms with E-state index in [-0.39, 0.29) is 42.7 Å². The van der Waals surface area contributed by atoms with Crippen LogP contribution in [0.25, 0.3) is 0 Å². The highest BCUT2D eigenvalue weighted by molar-refractivity contribution is 7.88. The molecule has 1 saturated heterocycles. The van der Waals surface area contributed by atoms with Gasteiger partial charge in [-0.2, -0.15) is 0 Å². The van der Waals surface area contributed by atoms with Gasteiger partial charge in [0.1, 0.15) is 12.1 Å². The van der Waals surface area contributed by atoms with Crippen LogP contribution in [-0.4, -0.2) is 104 Å². The largest absolute Gasteiger partial charge is 0.346 e. The molecule has 0 aromatic carbocycles. The van der Waals surface area contributed by atoms with Crippen molar-refractivity contribution in [2.75, 3.05) is 32.9 Å². The van der Waals surface area contributed by atoms with Gasteiger partial charge in [0.2, 0.25) is 27.6 Å². The van der Waals surface area contributed by atoms with Crippen molar-refractivity contribution >= 4 is 39.6 Å². The average molecular weight is 737 g/mol. The quantitative estimate of drug-likeness (QED) is 0.147. The van der Waals surface area contributed by atoms with Gasteiger partial charge >= 0.3 is 6.03 Å². The molecule has 3 aliphatic rings. The van der Waals surface area contributed by atoms with Gasteiger partial charge in [-0.3, -0.25) is 19.2 Å². The molecule has 2 saturated carbocycles. The first kappa shape index (κ1) is 42.4. The third-order valence-corrected chi connectivity index (χ3v) is 13.0. The Morgan fingerprint density at radius 3 is 2.18 bits per heavy atom. The highest BCUT2D eigenvalue weighted by atomic mass is 32.2. The summed E-state index contributed by atoms with van der Waals surface area (Å²) in [5, 5.41) is 11.4. The van der Waals surface area contributed by atoms with E-state index in [1.165, 1.54) is 17.4 Å². The van der Waals surface area contributed by atoms with Crippen LogP contribution in [-0.2, 0) is 29.2 Å². The smallest absolute Gasteiger partial charge is 0.315 e. The molecule has 1 aliphatic heterocycles. The van der Waals surface area contributed by atoms with Crippen LogP contribution in [0.3, 0.4) is 0 Å². The summed E-state index contributed by atoms with van der Waals surface area (Å²) >= 11 is 0. The summed E-state index contributed by atoms with van der Waals surface area (Å²) in [5.41, 5.74) is -1.24. The van der Waals surface area contributed by atoms with Crippen molar-refractivity contribution in [2.24, 2.45) is 28.1 Å². The molecule has 1 unspecified atom stereocenters. The van der Waals surface area contributed by atoms with Crippen LogP contribution in [0.2, 0.25) is 0 Å². The Balaban J connectivity index is 1.97. The number of carbonyl (C=O) groups excluding carboxylic acids is 5. The number of fused-ring (bicyclic) bond motifs is 1. The Morgan fingerprint density at radius 2 is 1.63 bits per heavy atom. The molecule has 4 N–H and O–H groups in total. The van der Waals surface area contributed by atoms with E-state index in [0.29, 0.717) is 25.8 Å². The van der Waals surface area contributed by atoms with Crippen molar-refractivity contribution in [3.8, 4) is 0 Å². The third-order valence-electron chi connectivity index (χ3n) is 11.7. The summed E-state index contributed by atoms with van der Waals surface area (Å²) < 4.78 is 25.7. The minimum atomic E-state index is -3.51. The molecule has 6 atom stereocenters. The van der Waals surface area contributed by atoms with Crippen LogP contribution in [0.1, 0.15) is 106 Å². The van der Waals surface area contributed by atoms with Gasteiger partial charge in [-0.1, -0.05) is 80.2 Å². The van der Waals surface area contributed by atoms with E-state index in [2.05, 4.69) is 41.7 Å². The third kappa shape index (κ3) is 10.3. The maximum absolute atomic E-state index is 15.0. The highest BCUT2D eigenvalue weighted by Gasteiger charge is 2.58. The first-order valence-electron chi connectivity index (χ1n) is 18.6. The number of rotatable bonds is 15. The molecule has 5 amide bonds. The summed E-state index contributed by atoms with van der Waals surface area (Å²) in [6, 6.07) is -4.04. The van der Waals surface area contributed by atoms with E-state index in [1.54, 1.807) is 4.90 Å². The number of hydrogen-bond donors (Lipinski definition) is 4. The van der Waals surface area contributed by atoms with Crippen molar-refractivity contribution in [3.63, 3.8) is 0 Å². The van der Waals surface area contributed by atoms with E-state index in [4.69, 9.17) is 0 Å². The van der Waals surface area contributed by atoms with Gasteiger partial charge in [0.25, 0.3) is 5.91 Å². The summed E-state index contributed by atoms with van der Waals surface area (Å²) in [4.78, 5) is 70.6. The Hall–Kier alpha value is -3.00. The van der Waals surface area contributed by atoms with Crippen LogP contribution in [0.5, 0.6) is 0 Å². The van der Waals surface area contributed by atoms with Gasteiger partial charge in [-0.05, 0) is 60.2 Å². The lowest BCUT2D eigenvalue weighted by Gasteiger charge is -2.43. The number of likely N-dealkylation sites (tertiary alicyclic amines) is 1. The number of hydrogen-bond acceptors (Lipinski definition) is 7. The van der Waals surface area contributed by atoms with Crippen molar-refractivity contribution in [2.45, 2.75) is 130 Å². The van der Waals surface area contributed by atoms with Crippen LogP contribution in [0.15, 0.2) is 12.7 Å². The fourth-order valence-electron chi connectivity index (χ4n) is 8.22. The SMILES string of the molecule is C=CCNC(=O)C(=O)C(CCC)NC(=O)[C@@H]1[C@H]2CCC(C)(C)[C@H]2CN1C(=O)[C@@H](NC(=O)N[C@H](CN(C)S(C)(=O)=O)C(C)(C)C)C1(C)CCCCC1. The number of nitrogens with one attached hydrogen (secondary N) is 4. The van der Waals surface area contributed by atoms with E-state index in [1.807, 2.05) is 34.6 Å². The molecular formula is C37H64N6O7S. The normalized spacial score (nSPS) is 24.5. The summed E-state index contributed by atoms with van der Waals surface area (Å²) in [6.07, 6.45) is 9.22. The zero-order valence-corrected chi connectivity index (χ0v) is 33.2. The molecule has 14 heteroatoms. The second-order valence-electron chi connectivity index (χ2n) is 17.2. The first-order chi connectivity index (χ1) is 23.6. The van der Waals surface area contributed by atoms with Gasteiger partial charge in [0, 0.05) is 32.7 Å². The number of amides is 5. The second kappa shape index (κ2) is 16.8. The standard InChI is InChI=1S/C37H64N6O7S/c1-11-16-26(29(44)32(46)38-21-12-2)39-31(45)28-24-17-20-36(6,7)25(24)22-43(28)33(47)30(37(8)18-14-13-15-19-37)41-34(48)40-27(35(3,4)5)23-42(9)51(10,49)50/h12,24-28,30H,2,11,13-23H2,1,3-10H3,(H,38,46)(H,39,45)(H2,40,41,48)/t24-,25-,26?,27+,28-,30+/m0/s1. The Bertz CT molecular complexity index is 1420. The van der Waals surface area contributed by atoms with Gasteiger partial charge in [-0.25, -0.2) is 17.5 Å². The molecule has 51 heavy (non-hydrogen) atoms. The van der Waals surface area contributed by atoms with Crippen molar-refractivity contribution in [3.05, 3.63) is 12.7 Å². The predicted molar refractivity (Wildman–Crippen MR) is 198 cm³/mol. The van der Waals surface area contributed by atoms with Gasteiger partial charge in [0.05, 0.1) is 12.3 Å². The molecule has 3 fully saturated rings. The molecule has 13 nitrogen and oxygen atoms in total. The Labute approximate surface area is 305 Å². The fraction of sp³-hybridized carbons (Fsp3) is 0.811. The molecule has 1 heterocycles. The molecule has 0 aromatic rings. The maximum atomic E-state index is 15.0. The second-order valence-corrected chi connectivity index (χ2v) is 19.3. The number of nitrogens with zero attached hydrogens (tertiary/aromatic N) is 2. The monoisotopic (exact) mass is 736 g/mol. The van der Waals surface area contributed by atoms with Crippen molar-refractivity contribution < 1.29 is 32.4 Å². The first-order valence-corrected chi connectivity index (χ1v) is 20.4. The molecule has 3 rings (SSSR count). The number of likely N-dealkylation sites (N-methyl/N-ethyl adjacent to an activating group) is 1. The van der Waals surface area contributed by atoms with Gasteiger partial charge in [-0.15, -0.1) is 6.58 Å². The molecule has 0 aromatic heterocycles. The van der Waals surface area contributed by atoms with E-state index >= 15 is 0 Å². The topological polar surface area (TPSA) is 174 Å². The summed E-state index contributed by atoms with van der Waals surface area (Å²) in [6.45, 7) is 18.0. The number of urea groups is 1. The zero-order valence-electron chi connectivity index (χ0n) is 32.4. The van der Waals surface area contributed by atoms with Crippen LogP contribution in [0.4, 0.5) is 4.79 Å². The lowest BCUT2D eigenvalue weighted by molar-refractivity contribution is -0.145. The molecule has 0 radical (unpaired) electrons. The number of Topliss-reactive ketones (excluding diaryl/α,β-unsaturated/α-hetero) is 1. The summed E-state index contributed by atoms with van der Waals surface area (Å²) in [7, 11) is -2.05. The van der Waals surface area contributed by atoms with Crippen LogP contribution in [0, 0.1) is 28.1 Å². The Morgan fingerprint density at radius 1 is 1.00 bits per heavy atom. The van der Waals surface area contributed by atoms with Crippen LogP contribution >= 0.6 is 0 Å². The molecule has 0 spiro atoms. The van der Waals surface area contributed by atoms with Crippen molar-refractivity contribution in [1.82, 2.24) is 30.5 Å².